The number of aromatic nitrogens is 2. The summed E-state index contributed by atoms with van der Waals surface area (Å²) in [7, 11) is 1.68. The number of nitrogens with one attached hydrogen (secondary N) is 1. The van der Waals surface area contributed by atoms with Crippen molar-refractivity contribution >= 4 is 5.69 Å². The summed E-state index contributed by atoms with van der Waals surface area (Å²) in [4.78, 5) is 0. The molecule has 0 spiro atoms. The summed E-state index contributed by atoms with van der Waals surface area (Å²) in [6.45, 7) is 0.750. The highest BCUT2D eigenvalue weighted by molar-refractivity contribution is 5.51. The number of hydrogen-bond acceptors (Lipinski definition) is 3. The van der Waals surface area contributed by atoms with Crippen molar-refractivity contribution in [1.82, 2.24) is 9.78 Å². The van der Waals surface area contributed by atoms with Crippen LogP contribution in [0.15, 0.2) is 67.0 Å². The fourth-order valence-electron chi connectivity index (χ4n) is 2.17. The Labute approximate surface area is 124 Å². The molecular weight excluding hydrogens is 262 g/mol. The molecule has 0 amide bonds. The van der Waals surface area contributed by atoms with Crippen LogP contribution >= 0.6 is 0 Å². The Kier molecular flexibility index (Phi) is 3.87. The van der Waals surface area contributed by atoms with Gasteiger partial charge in [-0.05, 0) is 42.0 Å². The van der Waals surface area contributed by atoms with Crippen LogP contribution in [0.1, 0.15) is 5.56 Å². The molecule has 21 heavy (non-hydrogen) atoms. The second-order valence-corrected chi connectivity index (χ2v) is 4.71. The Bertz CT molecular complexity index is 708. The van der Waals surface area contributed by atoms with Crippen molar-refractivity contribution in [3.8, 4) is 11.4 Å². The van der Waals surface area contributed by atoms with Crippen LogP contribution in [0, 0.1) is 0 Å². The van der Waals surface area contributed by atoms with Gasteiger partial charge in [-0.3, -0.25) is 0 Å². The summed E-state index contributed by atoms with van der Waals surface area (Å²) in [5, 5.41) is 7.66. The van der Waals surface area contributed by atoms with Gasteiger partial charge in [0.15, 0.2) is 0 Å². The normalized spacial score (nSPS) is 10.3. The number of hydrogen-bond donors (Lipinski definition) is 1. The molecule has 2 aromatic carbocycles. The van der Waals surface area contributed by atoms with Crippen LogP contribution in [0.25, 0.3) is 5.69 Å². The summed E-state index contributed by atoms with van der Waals surface area (Å²) in [5.41, 5.74) is 3.28. The van der Waals surface area contributed by atoms with E-state index in [9.17, 15) is 0 Å². The summed E-state index contributed by atoms with van der Waals surface area (Å²) in [6.07, 6.45) is 3.71. The van der Waals surface area contributed by atoms with E-state index in [0.29, 0.717) is 0 Å². The third kappa shape index (κ3) is 3.23. The van der Waals surface area contributed by atoms with Gasteiger partial charge in [0.05, 0.1) is 12.8 Å². The molecule has 1 aromatic heterocycles. The molecule has 3 aromatic rings. The zero-order valence-electron chi connectivity index (χ0n) is 11.9. The van der Waals surface area contributed by atoms with E-state index in [4.69, 9.17) is 4.74 Å². The molecule has 0 saturated carbocycles. The van der Waals surface area contributed by atoms with Gasteiger partial charge >= 0.3 is 0 Å². The Morgan fingerprint density at radius 2 is 2.00 bits per heavy atom. The van der Waals surface area contributed by atoms with E-state index in [1.807, 2.05) is 53.3 Å². The van der Waals surface area contributed by atoms with E-state index < -0.39 is 0 Å². The van der Waals surface area contributed by atoms with Gasteiger partial charge in [0.25, 0.3) is 0 Å². The predicted molar refractivity (Wildman–Crippen MR) is 83.9 cm³/mol. The third-order valence-corrected chi connectivity index (χ3v) is 3.25. The molecule has 0 bridgehead atoms. The molecule has 1 N–H and O–H groups in total. The number of methoxy groups -OCH3 is 1. The molecule has 0 aliphatic heterocycles. The topological polar surface area (TPSA) is 39.1 Å². The Morgan fingerprint density at radius 1 is 1.10 bits per heavy atom. The van der Waals surface area contributed by atoms with Gasteiger partial charge in [0, 0.05) is 24.6 Å². The maximum atomic E-state index is 5.24. The van der Waals surface area contributed by atoms with E-state index in [2.05, 4.69) is 22.5 Å². The van der Waals surface area contributed by atoms with Crippen LogP contribution in [0.5, 0.6) is 5.75 Å². The maximum absolute atomic E-state index is 5.24. The van der Waals surface area contributed by atoms with E-state index in [0.717, 1.165) is 23.7 Å². The Morgan fingerprint density at radius 3 is 2.81 bits per heavy atom. The van der Waals surface area contributed by atoms with Crippen molar-refractivity contribution in [1.29, 1.82) is 0 Å². The van der Waals surface area contributed by atoms with Gasteiger partial charge in [-0.25, -0.2) is 4.68 Å². The minimum atomic E-state index is 0.750. The highest BCUT2D eigenvalue weighted by Crippen LogP contribution is 2.17. The molecule has 4 nitrogen and oxygen atoms in total. The third-order valence-electron chi connectivity index (χ3n) is 3.25. The molecule has 4 heteroatoms. The molecule has 0 saturated heterocycles. The summed E-state index contributed by atoms with van der Waals surface area (Å²) in [5.74, 6) is 0.875. The number of nitrogens with zero attached hydrogens (tertiary/aromatic N) is 2. The highest BCUT2D eigenvalue weighted by atomic mass is 16.5. The van der Waals surface area contributed by atoms with Crippen molar-refractivity contribution in [2.24, 2.45) is 0 Å². The van der Waals surface area contributed by atoms with E-state index in [1.165, 1.54) is 5.56 Å². The summed E-state index contributed by atoms with van der Waals surface area (Å²) in [6, 6.07) is 18.1. The standard InChI is InChI=1S/C17H17N3O/c1-21-17-8-2-5-14(11-17)13-18-15-6-3-7-16(12-15)20-10-4-9-19-20/h2-12,18H,13H2,1H3. The van der Waals surface area contributed by atoms with Crippen LogP contribution < -0.4 is 10.1 Å². The average molecular weight is 279 g/mol. The minimum absolute atomic E-state index is 0.750. The Balaban J connectivity index is 1.72. The van der Waals surface area contributed by atoms with E-state index in [1.54, 1.807) is 13.3 Å². The van der Waals surface area contributed by atoms with E-state index in [-0.39, 0.29) is 0 Å². The fraction of sp³-hybridized carbons (Fsp3) is 0.118. The molecule has 0 fully saturated rings. The molecule has 0 aliphatic carbocycles. The number of ether oxygens (including phenoxy) is 1. The van der Waals surface area contributed by atoms with Crippen molar-refractivity contribution < 1.29 is 4.74 Å². The lowest BCUT2D eigenvalue weighted by molar-refractivity contribution is 0.414. The Hall–Kier alpha value is -2.75. The first-order chi connectivity index (χ1) is 10.3. The largest absolute Gasteiger partial charge is 0.497 e. The van der Waals surface area contributed by atoms with Crippen molar-refractivity contribution in [3.63, 3.8) is 0 Å². The molecule has 106 valence electrons. The van der Waals surface area contributed by atoms with Crippen LogP contribution in [-0.2, 0) is 6.54 Å². The van der Waals surface area contributed by atoms with E-state index >= 15 is 0 Å². The lowest BCUT2D eigenvalue weighted by atomic mass is 10.2. The van der Waals surface area contributed by atoms with Crippen LogP contribution in [0.2, 0.25) is 0 Å². The summed E-state index contributed by atoms with van der Waals surface area (Å²) < 4.78 is 7.08. The first-order valence-electron chi connectivity index (χ1n) is 6.82. The van der Waals surface area contributed by atoms with Gasteiger partial charge in [-0.2, -0.15) is 5.10 Å². The predicted octanol–water partition coefficient (Wildman–Crippen LogP) is 3.49. The first-order valence-corrected chi connectivity index (χ1v) is 6.82. The number of rotatable bonds is 5. The van der Waals surface area contributed by atoms with Crippen molar-refractivity contribution in [2.75, 3.05) is 12.4 Å². The minimum Gasteiger partial charge on any atom is -0.497 e. The van der Waals surface area contributed by atoms with Crippen molar-refractivity contribution in [2.45, 2.75) is 6.54 Å². The number of benzene rings is 2. The molecule has 0 atom stereocenters. The lowest BCUT2D eigenvalue weighted by Gasteiger charge is -2.09. The SMILES string of the molecule is COc1cccc(CNc2cccc(-n3cccn3)c2)c1. The summed E-state index contributed by atoms with van der Waals surface area (Å²) >= 11 is 0. The van der Waals surface area contributed by atoms with Crippen molar-refractivity contribution in [3.05, 3.63) is 72.6 Å². The second kappa shape index (κ2) is 6.13. The lowest BCUT2D eigenvalue weighted by Crippen LogP contribution is -2.01. The van der Waals surface area contributed by atoms with Gasteiger partial charge in [-0.1, -0.05) is 18.2 Å². The maximum Gasteiger partial charge on any atom is 0.119 e. The quantitative estimate of drug-likeness (QED) is 0.777. The zero-order chi connectivity index (χ0) is 14.5. The van der Waals surface area contributed by atoms with Crippen LogP contribution in [-0.4, -0.2) is 16.9 Å². The number of anilines is 1. The van der Waals surface area contributed by atoms with Crippen LogP contribution in [0.3, 0.4) is 0 Å². The molecular formula is C17H17N3O. The highest BCUT2D eigenvalue weighted by Gasteiger charge is 2.00. The smallest absolute Gasteiger partial charge is 0.119 e. The molecule has 0 radical (unpaired) electrons. The monoisotopic (exact) mass is 279 g/mol. The average Bonchev–Trinajstić information content (AvgIpc) is 3.08. The molecule has 0 aliphatic rings. The molecule has 0 unspecified atom stereocenters. The second-order valence-electron chi connectivity index (χ2n) is 4.71. The molecule has 3 rings (SSSR count). The fourth-order valence-corrected chi connectivity index (χ4v) is 2.17. The van der Waals surface area contributed by atoms with Gasteiger partial charge in [0.1, 0.15) is 5.75 Å². The van der Waals surface area contributed by atoms with Crippen LogP contribution in [0.4, 0.5) is 5.69 Å². The first kappa shape index (κ1) is 13.2. The molecule has 1 heterocycles. The van der Waals surface area contributed by atoms with Gasteiger partial charge in [0.2, 0.25) is 0 Å². The zero-order valence-corrected chi connectivity index (χ0v) is 11.9. The van der Waals surface area contributed by atoms with Gasteiger partial charge in [-0.15, -0.1) is 0 Å². The van der Waals surface area contributed by atoms with Gasteiger partial charge < -0.3 is 10.1 Å².